The van der Waals surface area contributed by atoms with Gasteiger partial charge >= 0.3 is 0 Å². The van der Waals surface area contributed by atoms with Gasteiger partial charge < -0.3 is 14.8 Å². The highest BCUT2D eigenvalue weighted by molar-refractivity contribution is 9.10. The van der Waals surface area contributed by atoms with Crippen LogP contribution in [0.5, 0.6) is 11.5 Å². The molecule has 0 aromatic heterocycles. The molecular weight excluding hydrogens is 462 g/mol. The van der Waals surface area contributed by atoms with E-state index < -0.39 is 10.8 Å². The third-order valence-corrected chi connectivity index (χ3v) is 4.47. The summed E-state index contributed by atoms with van der Waals surface area (Å²) in [7, 11) is 1.41. The van der Waals surface area contributed by atoms with Gasteiger partial charge in [0.1, 0.15) is 17.2 Å². The number of nitro benzene ring substituents is 1. The molecule has 0 bridgehead atoms. The molecule has 2 aromatic rings. The molecule has 154 valence electrons. The van der Waals surface area contributed by atoms with Gasteiger partial charge in [-0.15, -0.1) is 0 Å². The molecule has 0 aliphatic heterocycles. The second-order valence-corrected chi connectivity index (χ2v) is 7.66. The highest BCUT2D eigenvalue weighted by Crippen LogP contribution is 2.29. The van der Waals surface area contributed by atoms with E-state index in [2.05, 4.69) is 26.6 Å². The van der Waals surface area contributed by atoms with Crippen molar-refractivity contribution in [3.05, 3.63) is 56.5 Å². The molecule has 8 nitrogen and oxygen atoms in total. The smallest absolute Gasteiger partial charge is 0.296 e. The number of ether oxygens (including phenoxy) is 2. The lowest BCUT2D eigenvalue weighted by molar-refractivity contribution is -0.384. The summed E-state index contributed by atoms with van der Waals surface area (Å²) in [4.78, 5) is 23.1. The van der Waals surface area contributed by atoms with Crippen molar-refractivity contribution < 1.29 is 19.2 Å². The number of nitro groups is 1. The lowest BCUT2D eigenvalue weighted by Gasteiger charge is -2.13. The van der Waals surface area contributed by atoms with Gasteiger partial charge in [0.2, 0.25) is 0 Å². The Kier molecular flexibility index (Phi) is 7.91. The first-order chi connectivity index (χ1) is 13.7. The number of hydrogen-bond acceptors (Lipinski definition) is 6. The van der Waals surface area contributed by atoms with Gasteiger partial charge in [0, 0.05) is 5.56 Å². The van der Waals surface area contributed by atoms with Crippen LogP contribution in [0.25, 0.3) is 0 Å². The van der Waals surface area contributed by atoms with E-state index in [4.69, 9.17) is 21.7 Å². The maximum absolute atomic E-state index is 12.4. The van der Waals surface area contributed by atoms with Crippen LogP contribution in [-0.4, -0.2) is 29.7 Å². The Bertz CT molecular complexity index is 936. The summed E-state index contributed by atoms with van der Waals surface area (Å²) in [5, 5.41) is 16.3. The zero-order chi connectivity index (χ0) is 21.6. The first kappa shape index (κ1) is 22.6. The minimum Gasteiger partial charge on any atom is -0.496 e. The summed E-state index contributed by atoms with van der Waals surface area (Å²) in [5.74, 6) is 0.872. The Hall–Kier alpha value is -2.72. The molecule has 0 atom stereocenters. The fourth-order valence-corrected chi connectivity index (χ4v) is 2.94. The quantitative estimate of drug-likeness (QED) is 0.340. The van der Waals surface area contributed by atoms with Gasteiger partial charge in [-0.25, -0.2) is 0 Å². The number of carbonyl (C=O) groups is 1. The maximum atomic E-state index is 12.4. The summed E-state index contributed by atoms with van der Waals surface area (Å²) in [5.41, 5.74) is 0.261. The fraction of sp³-hybridized carbons (Fsp3) is 0.263. The van der Waals surface area contributed by atoms with E-state index in [-0.39, 0.29) is 16.5 Å². The van der Waals surface area contributed by atoms with E-state index >= 15 is 0 Å². The molecule has 0 fully saturated rings. The molecule has 2 rings (SSSR count). The number of nitrogens with one attached hydrogen (secondary N) is 2. The molecule has 0 radical (unpaired) electrons. The predicted molar refractivity (Wildman–Crippen MR) is 118 cm³/mol. The van der Waals surface area contributed by atoms with E-state index in [1.54, 1.807) is 24.3 Å². The van der Waals surface area contributed by atoms with Crippen molar-refractivity contribution in [1.82, 2.24) is 5.32 Å². The largest absolute Gasteiger partial charge is 0.496 e. The van der Waals surface area contributed by atoms with Crippen LogP contribution >= 0.6 is 28.1 Å². The summed E-state index contributed by atoms with van der Waals surface area (Å²) in [6.07, 6.45) is 0. The molecule has 0 saturated heterocycles. The van der Waals surface area contributed by atoms with Crippen LogP contribution < -0.4 is 20.1 Å². The minimum absolute atomic E-state index is 0.0699. The Labute approximate surface area is 181 Å². The monoisotopic (exact) mass is 481 g/mol. The van der Waals surface area contributed by atoms with E-state index in [1.165, 1.54) is 19.2 Å². The Balaban J connectivity index is 2.07. The van der Waals surface area contributed by atoms with Crippen molar-refractivity contribution in [1.29, 1.82) is 0 Å². The topological polar surface area (TPSA) is 103 Å². The molecule has 1 amide bonds. The van der Waals surface area contributed by atoms with Crippen LogP contribution in [-0.2, 0) is 0 Å². The van der Waals surface area contributed by atoms with Crippen molar-refractivity contribution in [3.63, 3.8) is 0 Å². The van der Waals surface area contributed by atoms with Crippen LogP contribution in [0, 0.1) is 16.0 Å². The molecule has 0 aliphatic carbocycles. The first-order valence-electron chi connectivity index (χ1n) is 8.58. The summed E-state index contributed by atoms with van der Waals surface area (Å²) in [6, 6.07) is 9.17. The molecule has 2 aromatic carbocycles. The summed E-state index contributed by atoms with van der Waals surface area (Å²) in [6.45, 7) is 4.63. The van der Waals surface area contributed by atoms with Gasteiger partial charge in [0.15, 0.2) is 5.11 Å². The first-order valence-corrected chi connectivity index (χ1v) is 9.78. The van der Waals surface area contributed by atoms with E-state index in [0.29, 0.717) is 34.1 Å². The highest BCUT2D eigenvalue weighted by atomic mass is 79.9. The molecule has 10 heteroatoms. The number of methoxy groups -OCH3 is 1. The summed E-state index contributed by atoms with van der Waals surface area (Å²) >= 11 is 8.50. The summed E-state index contributed by atoms with van der Waals surface area (Å²) < 4.78 is 11.3. The Morgan fingerprint density at radius 1 is 1.28 bits per heavy atom. The van der Waals surface area contributed by atoms with Crippen molar-refractivity contribution >= 4 is 50.5 Å². The Morgan fingerprint density at radius 3 is 2.59 bits per heavy atom. The van der Waals surface area contributed by atoms with Gasteiger partial charge in [0.05, 0.1) is 29.2 Å². The zero-order valence-electron chi connectivity index (χ0n) is 16.0. The molecule has 0 unspecified atom stereocenters. The molecular formula is C19H20BrN3O5S. The standard InChI is InChI=1S/C19H20BrN3O5S/c1-11(2)10-28-17-7-4-12(8-14(17)20)18(24)22-19(29)21-15-6-5-13(27-3)9-16(15)23(25)26/h4-9,11H,10H2,1-3H3,(H2,21,22,24,29). The van der Waals surface area contributed by atoms with Gasteiger partial charge in [-0.2, -0.15) is 0 Å². The molecule has 0 aliphatic rings. The lowest BCUT2D eigenvalue weighted by atomic mass is 10.2. The number of rotatable bonds is 7. The molecule has 0 heterocycles. The Morgan fingerprint density at radius 2 is 2.00 bits per heavy atom. The number of benzene rings is 2. The third kappa shape index (κ3) is 6.40. The van der Waals surface area contributed by atoms with Crippen LogP contribution in [0.2, 0.25) is 0 Å². The molecule has 0 spiro atoms. The normalized spacial score (nSPS) is 10.4. The van der Waals surface area contributed by atoms with Crippen molar-refractivity contribution in [2.24, 2.45) is 5.92 Å². The lowest BCUT2D eigenvalue weighted by Crippen LogP contribution is -2.34. The van der Waals surface area contributed by atoms with Crippen molar-refractivity contribution in [3.8, 4) is 11.5 Å². The second-order valence-electron chi connectivity index (χ2n) is 6.40. The van der Waals surface area contributed by atoms with Crippen molar-refractivity contribution in [2.75, 3.05) is 19.0 Å². The van der Waals surface area contributed by atoms with Crippen LogP contribution in [0.1, 0.15) is 24.2 Å². The van der Waals surface area contributed by atoms with Gasteiger partial charge in [-0.1, -0.05) is 13.8 Å². The van der Waals surface area contributed by atoms with Crippen LogP contribution in [0.15, 0.2) is 40.9 Å². The number of anilines is 1. The molecule has 29 heavy (non-hydrogen) atoms. The number of halogens is 1. The number of thiocarbonyl (C=S) groups is 1. The molecule has 2 N–H and O–H groups in total. The maximum Gasteiger partial charge on any atom is 0.296 e. The second kappa shape index (κ2) is 10.2. The zero-order valence-corrected chi connectivity index (χ0v) is 18.4. The van der Waals surface area contributed by atoms with E-state index in [9.17, 15) is 14.9 Å². The van der Waals surface area contributed by atoms with Crippen LogP contribution in [0.4, 0.5) is 11.4 Å². The number of amides is 1. The van der Waals surface area contributed by atoms with Crippen LogP contribution in [0.3, 0.4) is 0 Å². The molecule has 0 saturated carbocycles. The number of hydrogen-bond donors (Lipinski definition) is 2. The van der Waals surface area contributed by atoms with Gasteiger partial charge in [-0.05, 0) is 64.4 Å². The number of carbonyl (C=O) groups excluding carboxylic acids is 1. The van der Waals surface area contributed by atoms with E-state index in [1.807, 2.05) is 13.8 Å². The van der Waals surface area contributed by atoms with E-state index in [0.717, 1.165) is 0 Å². The number of nitrogens with zero attached hydrogens (tertiary/aromatic N) is 1. The highest BCUT2D eigenvalue weighted by Gasteiger charge is 2.17. The van der Waals surface area contributed by atoms with Gasteiger partial charge in [-0.3, -0.25) is 20.2 Å². The predicted octanol–water partition coefficient (Wildman–Crippen LogP) is 4.53. The fourth-order valence-electron chi connectivity index (χ4n) is 2.24. The van der Waals surface area contributed by atoms with Crippen molar-refractivity contribution in [2.45, 2.75) is 13.8 Å². The third-order valence-electron chi connectivity index (χ3n) is 3.64. The SMILES string of the molecule is COc1ccc(NC(=S)NC(=O)c2ccc(OCC(C)C)c(Br)c2)c([N+](=O)[O-])c1. The minimum atomic E-state index is -0.567. The average Bonchev–Trinajstić information content (AvgIpc) is 2.66. The average molecular weight is 482 g/mol. The van der Waals surface area contributed by atoms with Gasteiger partial charge in [0.25, 0.3) is 11.6 Å².